The second-order valence-electron chi connectivity index (χ2n) is 5.85. The number of rotatable bonds is 4. The van der Waals surface area contributed by atoms with Gasteiger partial charge in [0.1, 0.15) is 10.8 Å². The van der Waals surface area contributed by atoms with Crippen molar-refractivity contribution in [2.24, 2.45) is 0 Å². The molecule has 0 atom stereocenters. The van der Waals surface area contributed by atoms with Gasteiger partial charge in [0.15, 0.2) is 0 Å². The number of pyridine rings is 1. The Morgan fingerprint density at radius 2 is 1.96 bits per heavy atom. The van der Waals surface area contributed by atoms with Crippen molar-refractivity contribution in [3.63, 3.8) is 0 Å². The van der Waals surface area contributed by atoms with Crippen LogP contribution in [-0.4, -0.2) is 14.5 Å². The Kier molecular flexibility index (Phi) is 6.23. The lowest BCUT2D eigenvalue weighted by Crippen LogP contribution is -2.32. The number of halogens is 1. The zero-order valence-corrected chi connectivity index (χ0v) is 15.4. The average molecular weight is 388 g/mol. The second-order valence-corrected chi connectivity index (χ2v) is 6.25. The first-order valence-electron chi connectivity index (χ1n) is 8.15. The van der Waals surface area contributed by atoms with Crippen LogP contribution >= 0.6 is 11.6 Å². The summed E-state index contributed by atoms with van der Waals surface area (Å²) in [4.78, 5) is 30.6. The highest BCUT2D eigenvalue weighted by Gasteiger charge is 2.15. The minimum atomic E-state index is -0.418. The smallest absolute Gasteiger partial charge is 0.328 e. The molecule has 27 heavy (non-hydrogen) atoms. The van der Waals surface area contributed by atoms with Gasteiger partial charge >= 0.3 is 5.69 Å². The number of hydrogen-bond acceptors (Lipinski definition) is 4. The highest BCUT2D eigenvalue weighted by Crippen LogP contribution is 2.31. The summed E-state index contributed by atoms with van der Waals surface area (Å²) in [6.07, 6.45) is 1.60. The van der Waals surface area contributed by atoms with Crippen molar-refractivity contribution in [3.05, 3.63) is 73.5 Å². The minimum absolute atomic E-state index is 0. The third-order valence-corrected chi connectivity index (χ3v) is 4.43. The van der Waals surface area contributed by atoms with Crippen LogP contribution in [0, 0.1) is 13.8 Å². The molecule has 0 aliphatic carbocycles. The Labute approximate surface area is 162 Å². The molecule has 0 unspecified atom stereocenters. The Balaban J connectivity index is 0.00000261. The predicted octanol–water partition coefficient (Wildman–Crippen LogP) is 4.32. The molecule has 3 rings (SSSR count). The van der Waals surface area contributed by atoms with Gasteiger partial charge in [0.05, 0.1) is 5.69 Å². The summed E-state index contributed by atoms with van der Waals surface area (Å²) in [5, 5.41) is 0.416. The number of H-pyrrole nitrogens is 1. The molecule has 0 bridgehead atoms. The number of ether oxygens (including phenoxy) is 1. The fourth-order valence-corrected chi connectivity index (χ4v) is 3.00. The van der Waals surface area contributed by atoms with Crippen molar-refractivity contribution in [3.8, 4) is 22.9 Å². The molecule has 3 aromatic rings. The Bertz CT molecular complexity index is 1090. The molecule has 0 amide bonds. The van der Waals surface area contributed by atoms with Crippen LogP contribution in [0.25, 0.3) is 11.3 Å². The maximum atomic E-state index is 12.1. The monoisotopic (exact) mass is 387 g/mol. The van der Waals surface area contributed by atoms with Crippen LogP contribution in [0.15, 0.2) is 46.1 Å². The van der Waals surface area contributed by atoms with E-state index in [1.165, 1.54) is 0 Å². The van der Waals surface area contributed by atoms with Gasteiger partial charge in [-0.05, 0) is 56.7 Å². The van der Waals surface area contributed by atoms with Crippen LogP contribution in [0.4, 0.5) is 0 Å². The fourth-order valence-electron chi connectivity index (χ4n) is 2.84. The quantitative estimate of drug-likeness (QED) is 0.723. The number of nitrogens with zero attached hydrogens (tertiary/aromatic N) is 2. The summed E-state index contributed by atoms with van der Waals surface area (Å²) in [5.41, 5.74) is 1.97. The van der Waals surface area contributed by atoms with Gasteiger partial charge in [-0.1, -0.05) is 19.0 Å². The molecule has 0 radical (unpaired) electrons. The lowest BCUT2D eigenvalue weighted by Gasteiger charge is -2.16. The molecular weight excluding hydrogens is 366 g/mol. The molecule has 2 aromatic heterocycles. The summed E-state index contributed by atoms with van der Waals surface area (Å²) in [5.74, 6) is 0.888. The zero-order valence-electron chi connectivity index (χ0n) is 14.7. The highest BCUT2D eigenvalue weighted by molar-refractivity contribution is 6.31. The normalized spacial score (nSPS) is 10.4. The highest BCUT2D eigenvalue weighted by atomic mass is 35.5. The molecule has 0 aliphatic rings. The standard InChI is InChI=1S/C19H18ClN3O3.CH4/c1-4-23-16(12(3)17(24)22-19(23)25)14-8-7-13(10-11(14)2)26-18-15(20)6-5-9-21-18;/h5-10H,4H2,1-3H3,(H,22,24,25);1H4. The van der Waals surface area contributed by atoms with Crippen LogP contribution in [0.5, 0.6) is 11.6 Å². The topological polar surface area (TPSA) is 77.0 Å². The third-order valence-electron chi connectivity index (χ3n) is 4.14. The molecule has 0 saturated carbocycles. The van der Waals surface area contributed by atoms with E-state index in [-0.39, 0.29) is 13.0 Å². The summed E-state index contributed by atoms with van der Waals surface area (Å²) in [7, 11) is 0. The van der Waals surface area contributed by atoms with Crippen LogP contribution in [0.3, 0.4) is 0 Å². The van der Waals surface area contributed by atoms with E-state index in [4.69, 9.17) is 16.3 Å². The van der Waals surface area contributed by atoms with E-state index < -0.39 is 5.69 Å². The van der Waals surface area contributed by atoms with Crippen LogP contribution in [-0.2, 0) is 6.54 Å². The molecule has 1 N–H and O–H groups in total. The van der Waals surface area contributed by atoms with Crippen molar-refractivity contribution in [1.82, 2.24) is 14.5 Å². The van der Waals surface area contributed by atoms with E-state index in [0.29, 0.717) is 34.5 Å². The molecule has 1 aromatic carbocycles. The molecule has 0 spiro atoms. The molecular formula is C20H22ClN3O3. The van der Waals surface area contributed by atoms with Gasteiger partial charge in [-0.15, -0.1) is 0 Å². The van der Waals surface area contributed by atoms with Gasteiger partial charge in [-0.2, -0.15) is 0 Å². The first-order chi connectivity index (χ1) is 12.4. The Hall–Kier alpha value is -2.86. The van der Waals surface area contributed by atoms with Crippen molar-refractivity contribution >= 4 is 11.6 Å². The van der Waals surface area contributed by atoms with Gasteiger partial charge in [-0.3, -0.25) is 14.3 Å². The second kappa shape index (κ2) is 8.22. The van der Waals surface area contributed by atoms with Gasteiger partial charge in [0, 0.05) is 23.9 Å². The maximum Gasteiger partial charge on any atom is 0.328 e. The van der Waals surface area contributed by atoms with E-state index in [1.54, 1.807) is 35.9 Å². The van der Waals surface area contributed by atoms with E-state index in [2.05, 4.69) is 9.97 Å². The SMILES string of the molecule is C.CCn1c(-c2ccc(Oc3ncccc3Cl)cc2C)c(C)c(=O)[nH]c1=O. The van der Waals surface area contributed by atoms with Gasteiger partial charge < -0.3 is 4.74 Å². The first kappa shape index (κ1) is 20.5. The molecule has 7 heteroatoms. The van der Waals surface area contributed by atoms with E-state index in [9.17, 15) is 9.59 Å². The largest absolute Gasteiger partial charge is 0.438 e. The van der Waals surface area contributed by atoms with E-state index in [1.807, 2.05) is 26.0 Å². The molecule has 6 nitrogen and oxygen atoms in total. The Morgan fingerprint density at radius 1 is 1.22 bits per heavy atom. The van der Waals surface area contributed by atoms with Crippen molar-refractivity contribution in [1.29, 1.82) is 0 Å². The number of benzene rings is 1. The minimum Gasteiger partial charge on any atom is -0.438 e. The van der Waals surface area contributed by atoms with Gasteiger partial charge in [0.2, 0.25) is 5.88 Å². The van der Waals surface area contributed by atoms with Crippen molar-refractivity contribution < 1.29 is 4.74 Å². The van der Waals surface area contributed by atoms with Gasteiger partial charge in [0.25, 0.3) is 5.56 Å². The predicted molar refractivity (Wildman–Crippen MR) is 108 cm³/mol. The van der Waals surface area contributed by atoms with Crippen molar-refractivity contribution in [2.45, 2.75) is 34.7 Å². The first-order valence-corrected chi connectivity index (χ1v) is 8.53. The number of aromatic nitrogens is 3. The van der Waals surface area contributed by atoms with Crippen molar-refractivity contribution in [2.75, 3.05) is 0 Å². The lowest BCUT2D eigenvalue weighted by atomic mass is 10.0. The summed E-state index contributed by atoms with van der Waals surface area (Å²) in [6, 6.07) is 8.84. The summed E-state index contributed by atoms with van der Waals surface area (Å²) in [6.45, 7) is 5.91. The van der Waals surface area contributed by atoms with Crippen LogP contribution in [0.2, 0.25) is 5.02 Å². The average Bonchev–Trinajstić information content (AvgIpc) is 2.60. The summed E-state index contributed by atoms with van der Waals surface area (Å²) >= 11 is 6.07. The van der Waals surface area contributed by atoms with Crippen LogP contribution in [0.1, 0.15) is 25.5 Å². The maximum absolute atomic E-state index is 12.1. The summed E-state index contributed by atoms with van der Waals surface area (Å²) < 4.78 is 7.29. The number of aryl methyl sites for hydroxylation is 1. The zero-order chi connectivity index (χ0) is 18.8. The fraction of sp³-hybridized carbons (Fsp3) is 0.250. The third kappa shape index (κ3) is 3.95. The number of nitrogens with one attached hydrogen (secondary N) is 1. The molecule has 142 valence electrons. The lowest BCUT2D eigenvalue weighted by molar-refractivity contribution is 0.463. The number of hydrogen-bond donors (Lipinski definition) is 1. The molecule has 0 fully saturated rings. The molecule has 2 heterocycles. The van der Waals surface area contributed by atoms with Crippen LogP contribution < -0.4 is 16.0 Å². The van der Waals surface area contributed by atoms with E-state index in [0.717, 1.165) is 11.1 Å². The number of aromatic amines is 1. The molecule has 0 saturated heterocycles. The molecule has 0 aliphatic heterocycles. The van der Waals surface area contributed by atoms with Gasteiger partial charge in [-0.25, -0.2) is 9.78 Å². The van der Waals surface area contributed by atoms with E-state index >= 15 is 0 Å². The Morgan fingerprint density at radius 3 is 2.59 bits per heavy atom.